The maximum atomic E-state index is 11.8. The predicted molar refractivity (Wildman–Crippen MR) is 73.4 cm³/mol. The standard InChI is InChI=1S/C13H17N5O3/c1-9(2)20-7-3-4-16-12(19)13-17-11(18-21-13)10-8-14-5-6-15-10/h5-6,8-9H,3-4,7H2,1-2H3,(H,16,19). The SMILES string of the molecule is CC(C)OCCCNC(=O)c1nc(-c2cnccn2)no1. The topological polar surface area (TPSA) is 103 Å². The van der Waals surface area contributed by atoms with Gasteiger partial charge < -0.3 is 14.6 Å². The smallest absolute Gasteiger partial charge is 0.316 e. The molecule has 21 heavy (non-hydrogen) atoms. The fraction of sp³-hybridized carbons (Fsp3) is 0.462. The summed E-state index contributed by atoms with van der Waals surface area (Å²) in [6.07, 6.45) is 5.45. The Morgan fingerprint density at radius 3 is 3.00 bits per heavy atom. The molecule has 0 saturated heterocycles. The van der Waals surface area contributed by atoms with Gasteiger partial charge in [0.05, 0.1) is 12.3 Å². The molecule has 1 N–H and O–H groups in total. The Hall–Kier alpha value is -2.35. The van der Waals surface area contributed by atoms with Gasteiger partial charge in [-0.1, -0.05) is 5.16 Å². The van der Waals surface area contributed by atoms with Gasteiger partial charge in [0.15, 0.2) is 0 Å². The second kappa shape index (κ2) is 7.44. The van der Waals surface area contributed by atoms with Gasteiger partial charge in [0, 0.05) is 25.5 Å². The van der Waals surface area contributed by atoms with Crippen molar-refractivity contribution in [1.29, 1.82) is 0 Å². The zero-order valence-electron chi connectivity index (χ0n) is 11.9. The summed E-state index contributed by atoms with van der Waals surface area (Å²) in [7, 11) is 0. The minimum absolute atomic E-state index is 0.0968. The molecule has 0 atom stereocenters. The molecule has 0 aliphatic heterocycles. The molecule has 2 rings (SSSR count). The number of carbonyl (C=O) groups is 1. The van der Waals surface area contributed by atoms with E-state index in [0.717, 1.165) is 6.42 Å². The van der Waals surface area contributed by atoms with Gasteiger partial charge in [-0.2, -0.15) is 4.98 Å². The summed E-state index contributed by atoms with van der Waals surface area (Å²) in [6.45, 7) is 5.00. The molecule has 0 saturated carbocycles. The highest BCUT2D eigenvalue weighted by Crippen LogP contribution is 2.10. The first-order chi connectivity index (χ1) is 10.2. The summed E-state index contributed by atoms with van der Waals surface area (Å²) >= 11 is 0. The number of ether oxygens (including phenoxy) is 1. The van der Waals surface area contributed by atoms with E-state index in [2.05, 4.69) is 25.4 Å². The Bertz CT molecular complexity index is 570. The van der Waals surface area contributed by atoms with Gasteiger partial charge in [-0.25, -0.2) is 4.98 Å². The Kier molecular flexibility index (Phi) is 5.33. The largest absolute Gasteiger partial charge is 0.379 e. The Morgan fingerprint density at radius 2 is 2.29 bits per heavy atom. The first-order valence-electron chi connectivity index (χ1n) is 6.66. The van der Waals surface area contributed by atoms with E-state index in [9.17, 15) is 4.79 Å². The van der Waals surface area contributed by atoms with Crippen LogP contribution in [0, 0.1) is 0 Å². The Balaban J connectivity index is 1.82. The van der Waals surface area contributed by atoms with E-state index in [4.69, 9.17) is 9.26 Å². The summed E-state index contributed by atoms with van der Waals surface area (Å²) in [5.74, 6) is -0.279. The molecule has 8 heteroatoms. The van der Waals surface area contributed by atoms with Crippen LogP contribution in [-0.4, -0.2) is 45.3 Å². The van der Waals surface area contributed by atoms with Crippen molar-refractivity contribution in [2.45, 2.75) is 26.4 Å². The third-order valence-electron chi connectivity index (χ3n) is 2.47. The van der Waals surface area contributed by atoms with Crippen LogP contribution in [0.4, 0.5) is 0 Å². The highest BCUT2D eigenvalue weighted by atomic mass is 16.5. The molecule has 0 fully saturated rings. The molecule has 0 aliphatic rings. The number of carbonyl (C=O) groups excluding carboxylic acids is 1. The van der Waals surface area contributed by atoms with Crippen LogP contribution in [0.1, 0.15) is 31.0 Å². The fourth-order valence-electron chi connectivity index (χ4n) is 1.50. The summed E-state index contributed by atoms with van der Waals surface area (Å²) in [6, 6.07) is 0. The number of nitrogens with zero attached hydrogens (tertiary/aromatic N) is 4. The second-order valence-electron chi connectivity index (χ2n) is 4.54. The molecule has 1 amide bonds. The average Bonchev–Trinajstić information content (AvgIpc) is 2.97. The molecule has 0 spiro atoms. The van der Waals surface area contributed by atoms with Gasteiger partial charge in [0.25, 0.3) is 0 Å². The first-order valence-corrected chi connectivity index (χ1v) is 6.66. The monoisotopic (exact) mass is 291 g/mol. The van der Waals surface area contributed by atoms with Crippen LogP contribution in [-0.2, 0) is 4.74 Å². The zero-order chi connectivity index (χ0) is 15.1. The first kappa shape index (κ1) is 15.0. The molecule has 0 bridgehead atoms. The molecule has 2 aromatic heterocycles. The number of amides is 1. The van der Waals surface area contributed by atoms with Gasteiger partial charge in [-0.05, 0) is 20.3 Å². The van der Waals surface area contributed by atoms with Crippen molar-refractivity contribution in [2.24, 2.45) is 0 Å². The molecular formula is C13H17N5O3. The number of rotatable bonds is 7. The van der Waals surface area contributed by atoms with E-state index in [-0.39, 0.29) is 17.8 Å². The van der Waals surface area contributed by atoms with Crippen molar-refractivity contribution < 1.29 is 14.1 Å². The number of hydrogen-bond acceptors (Lipinski definition) is 7. The van der Waals surface area contributed by atoms with E-state index in [1.165, 1.54) is 18.6 Å². The van der Waals surface area contributed by atoms with Gasteiger partial charge in [-0.3, -0.25) is 9.78 Å². The van der Waals surface area contributed by atoms with E-state index >= 15 is 0 Å². The maximum Gasteiger partial charge on any atom is 0.316 e. The van der Waals surface area contributed by atoms with Crippen LogP contribution in [0.3, 0.4) is 0 Å². The molecule has 0 unspecified atom stereocenters. The van der Waals surface area contributed by atoms with Gasteiger partial charge in [0.1, 0.15) is 5.69 Å². The Labute approximate surface area is 121 Å². The third-order valence-corrected chi connectivity index (χ3v) is 2.47. The third kappa shape index (κ3) is 4.60. The molecule has 0 aliphatic carbocycles. The molecule has 2 heterocycles. The van der Waals surface area contributed by atoms with Crippen LogP contribution in [0.5, 0.6) is 0 Å². The van der Waals surface area contributed by atoms with Crippen LogP contribution in [0.25, 0.3) is 11.5 Å². The van der Waals surface area contributed by atoms with Gasteiger partial charge in [-0.15, -0.1) is 0 Å². The molecule has 2 aromatic rings. The van der Waals surface area contributed by atoms with Crippen molar-refractivity contribution in [3.63, 3.8) is 0 Å². The zero-order valence-corrected chi connectivity index (χ0v) is 11.9. The van der Waals surface area contributed by atoms with Crippen molar-refractivity contribution in [3.8, 4) is 11.5 Å². The molecular weight excluding hydrogens is 274 g/mol. The van der Waals surface area contributed by atoms with Crippen molar-refractivity contribution in [3.05, 3.63) is 24.5 Å². The number of nitrogens with one attached hydrogen (secondary N) is 1. The number of hydrogen-bond donors (Lipinski definition) is 1. The minimum Gasteiger partial charge on any atom is -0.379 e. The summed E-state index contributed by atoms with van der Waals surface area (Å²) in [5, 5.41) is 6.39. The van der Waals surface area contributed by atoms with E-state index in [1.54, 1.807) is 0 Å². The molecule has 112 valence electrons. The van der Waals surface area contributed by atoms with Crippen LogP contribution >= 0.6 is 0 Å². The van der Waals surface area contributed by atoms with Crippen LogP contribution in [0.2, 0.25) is 0 Å². The van der Waals surface area contributed by atoms with E-state index < -0.39 is 5.91 Å². The Morgan fingerprint density at radius 1 is 1.43 bits per heavy atom. The van der Waals surface area contributed by atoms with Crippen LogP contribution in [0.15, 0.2) is 23.1 Å². The van der Waals surface area contributed by atoms with Crippen LogP contribution < -0.4 is 5.32 Å². The molecule has 0 aromatic carbocycles. The van der Waals surface area contributed by atoms with Crippen molar-refractivity contribution >= 4 is 5.91 Å². The van der Waals surface area contributed by atoms with Gasteiger partial charge >= 0.3 is 11.8 Å². The quantitative estimate of drug-likeness (QED) is 0.761. The van der Waals surface area contributed by atoms with Crippen molar-refractivity contribution in [1.82, 2.24) is 25.4 Å². The predicted octanol–water partition coefficient (Wildman–Crippen LogP) is 1.07. The lowest BCUT2D eigenvalue weighted by molar-refractivity contribution is 0.0751. The van der Waals surface area contributed by atoms with Crippen molar-refractivity contribution in [2.75, 3.05) is 13.2 Å². The summed E-state index contributed by atoms with van der Waals surface area (Å²) in [4.78, 5) is 23.7. The minimum atomic E-state index is -0.415. The molecule has 0 radical (unpaired) electrons. The number of aromatic nitrogens is 4. The fourth-order valence-corrected chi connectivity index (χ4v) is 1.50. The summed E-state index contributed by atoms with van der Waals surface area (Å²) < 4.78 is 10.3. The lowest BCUT2D eigenvalue weighted by Gasteiger charge is -2.06. The average molecular weight is 291 g/mol. The maximum absolute atomic E-state index is 11.8. The van der Waals surface area contributed by atoms with E-state index in [0.29, 0.717) is 18.8 Å². The second-order valence-corrected chi connectivity index (χ2v) is 4.54. The lowest BCUT2D eigenvalue weighted by atomic mass is 10.4. The lowest BCUT2D eigenvalue weighted by Crippen LogP contribution is -2.25. The normalized spacial score (nSPS) is 10.8. The summed E-state index contributed by atoms with van der Waals surface area (Å²) in [5.41, 5.74) is 0.450. The van der Waals surface area contributed by atoms with E-state index in [1.807, 2.05) is 13.8 Å². The molecule has 8 nitrogen and oxygen atoms in total. The highest BCUT2D eigenvalue weighted by molar-refractivity contribution is 5.89. The van der Waals surface area contributed by atoms with Gasteiger partial charge in [0.2, 0.25) is 5.82 Å². The highest BCUT2D eigenvalue weighted by Gasteiger charge is 2.16.